The molecule has 0 aliphatic rings. The summed E-state index contributed by atoms with van der Waals surface area (Å²) in [7, 11) is 0. The van der Waals surface area contributed by atoms with Crippen LogP contribution >= 0.6 is 11.6 Å². The lowest BCUT2D eigenvalue weighted by Crippen LogP contribution is -2.33. The van der Waals surface area contributed by atoms with Gasteiger partial charge in [0, 0.05) is 13.1 Å². The number of aryl methyl sites for hydroxylation is 1. The second kappa shape index (κ2) is 6.48. The highest BCUT2D eigenvalue weighted by atomic mass is 35.5. The lowest BCUT2D eigenvalue weighted by atomic mass is 10.2. The van der Waals surface area contributed by atoms with E-state index in [1.54, 1.807) is 0 Å². The number of nitrogens with zero attached hydrogens (tertiary/aromatic N) is 3. The number of carbonyl (C=O) groups is 1. The van der Waals surface area contributed by atoms with E-state index in [1.807, 2.05) is 55.4 Å². The van der Waals surface area contributed by atoms with Gasteiger partial charge in [0.05, 0.1) is 16.4 Å². The Kier molecular flexibility index (Phi) is 4.88. The predicted molar refractivity (Wildman–Crippen MR) is 86.7 cm³/mol. The maximum atomic E-state index is 12.4. The van der Waals surface area contributed by atoms with E-state index in [-0.39, 0.29) is 17.8 Å². The van der Waals surface area contributed by atoms with Crippen LogP contribution in [0.5, 0.6) is 0 Å². The second-order valence-corrected chi connectivity index (χ2v) is 5.84. The summed E-state index contributed by atoms with van der Waals surface area (Å²) in [5, 5.41) is -0.235. The van der Waals surface area contributed by atoms with Crippen LogP contribution in [0.15, 0.2) is 18.2 Å². The molecule has 0 spiro atoms. The third-order valence-corrected chi connectivity index (χ3v) is 3.96. The summed E-state index contributed by atoms with van der Waals surface area (Å²) in [6, 6.07) is 5.97. The summed E-state index contributed by atoms with van der Waals surface area (Å²) < 4.78 is 1.96. The smallest absolute Gasteiger partial charge is 0.242 e. The Labute approximate surface area is 130 Å². The normalized spacial score (nSPS) is 12.6. The van der Waals surface area contributed by atoms with E-state index in [0.717, 1.165) is 22.4 Å². The van der Waals surface area contributed by atoms with Gasteiger partial charge in [-0.15, -0.1) is 11.6 Å². The summed E-state index contributed by atoms with van der Waals surface area (Å²) in [5.41, 5.74) is 3.00. The van der Waals surface area contributed by atoms with Gasteiger partial charge in [0.25, 0.3) is 0 Å². The van der Waals surface area contributed by atoms with E-state index in [4.69, 9.17) is 11.6 Å². The molecule has 1 atom stereocenters. The molecule has 0 bridgehead atoms. The Bertz CT molecular complexity index is 644. The fourth-order valence-corrected chi connectivity index (χ4v) is 2.83. The van der Waals surface area contributed by atoms with Crippen LogP contribution in [-0.4, -0.2) is 33.4 Å². The van der Waals surface area contributed by atoms with Gasteiger partial charge < -0.3 is 9.47 Å². The number of imidazole rings is 1. The Morgan fingerprint density at radius 1 is 1.38 bits per heavy atom. The Balaban J connectivity index is 2.50. The van der Waals surface area contributed by atoms with Crippen LogP contribution in [0.3, 0.4) is 0 Å². The third-order valence-electron chi connectivity index (χ3n) is 3.76. The first-order valence-corrected chi connectivity index (χ1v) is 7.80. The Morgan fingerprint density at radius 2 is 2.05 bits per heavy atom. The molecule has 5 heteroatoms. The molecule has 1 aromatic carbocycles. The number of halogens is 1. The molecule has 0 radical (unpaired) electrons. The minimum atomic E-state index is -0.235. The first-order valence-electron chi connectivity index (χ1n) is 7.37. The van der Waals surface area contributed by atoms with Crippen molar-refractivity contribution in [3.63, 3.8) is 0 Å². The molecule has 0 N–H and O–H groups in total. The SMILES string of the molecule is CCN(CC)C(=O)Cn1c(C(C)Cl)nc2cccc(C)c21. The highest BCUT2D eigenvalue weighted by Crippen LogP contribution is 2.26. The van der Waals surface area contributed by atoms with Crippen molar-refractivity contribution in [3.05, 3.63) is 29.6 Å². The fourth-order valence-electron chi connectivity index (χ4n) is 2.66. The highest BCUT2D eigenvalue weighted by molar-refractivity contribution is 6.20. The van der Waals surface area contributed by atoms with Crippen LogP contribution in [0.2, 0.25) is 0 Å². The van der Waals surface area contributed by atoms with Crippen molar-refractivity contribution < 1.29 is 4.79 Å². The summed E-state index contributed by atoms with van der Waals surface area (Å²) in [4.78, 5) is 18.9. The topological polar surface area (TPSA) is 38.1 Å². The van der Waals surface area contributed by atoms with Gasteiger partial charge in [-0.3, -0.25) is 4.79 Å². The zero-order valence-electron chi connectivity index (χ0n) is 13.1. The van der Waals surface area contributed by atoms with Crippen molar-refractivity contribution >= 4 is 28.5 Å². The summed E-state index contributed by atoms with van der Waals surface area (Å²) in [5.74, 6) is 0.850. The molecule has 0 aliphatic carbocycles. The molecule has 1 unspecified atom stereocenters. The van der Waals surface area contributed by atoms with E-state index in [2.05, 4.69) is 4.98 Å². The molecule has 114 valence electrons. The summed E-state index contributed by atoms with van der Waals surface area (Å²) >= 11 is 6.25. The monoisotopic (exact) mass is 307 g/mol. The minimum absolute atomic E-state index is 0.0983. The van der Waals surface area contributed by atoms with Gasteiger partial charge in [0.15, 0.2) is 0 Å². The van der Waals surface area contributed by atoms with Gasteiger partial charge in [-0.2, -0.15) is 0 Å². The van der Waals surface area contributed by atoms with Crippen molar-refractivity contribution in [2.45, 2.75) is 39.6 Å². The molecule has 1 heterocycles. The number of hydrogen-bond acceptors (Lipinski definition) is 2. The lowest BCUT2D eigenvalue weighted by molar-refractivity contribution is -0.131. The molecule has 1 amide bonds. The van der Waals surface area contributed by atoms with Crippen LogP contribution in [0, 0.1) is 6.92 Å². The van der Waals surface area contributed by atoms with Gasteiger partial charge in [-0.05, 0) is 39.3 Å². The molecule has 0 fully saturated rings. The lowest BCUT2D eigenvalue weighted by Gasteiger charge is -2.20. The van der Waals surface area contributed by atoms with Crippen molar-refractivity contribution in [3.8, 4) is 0 Å². The number of alkyl halides is 1. The molecule has 1 aromatic heterocycles. The average molecular weight is 308 g/mol. The van der Waals surface area contributed by atoms with Crippen molar-refractivity contribution in [1.29, 1.82) is 0 Å². The number of hydrogen-bond donors (Lipinski definition) is 0. The number of fused-ring (bicyclic) bond motifs is 1. The molecule has 21 heavy (non-hydrogen) atoms. The standard InChI is InChI=1S/C16H22ClN3O/c1-5-19(6-2)14(21)10-20-15-11(3)8-7-9-13(15)18-16(20)12(4)17/h7-9,12H,5-6,10H2,1-4H3. The molecular weight excluding hydrogens is 286 g/mol. The summed E-state index contributed by atoms with van der Waals surface area (Å²) in [6.07, 6.45) is 0. The predicted octanol–water partition coefficient (Wildman–Crippen LogP) is 3.51. The molecule has 2 aromatic rings. The van der Waals surface area contributed by atoms with E-state index < -0.39 is 0 Å². The average Bonchev–Trinajstić information content (AvgIpc) is 2.80. The van der Waals surface area contributed by atoms with Crippen molar-refractivity contribution in [2.75, 3.05) is 13.1 Å². The maximum Gasteiger partial charge on any atom is 0.242 e. The van der Waals surface area contributed by atoms with Crippen LogP contribution in [0.4, 0.5) is 0 Å². The molecule has 0 saturated carbocycles. The largest absolute Gasteiger partial charge is 0.342 e. The number of para-hydroxylation sites is 1. The van der Waals surface area contributed by atoms with E-state index >= 15 is 0 Å². The number of likely N-dealkylation sites (N-methyl/N-ethyl adjacent to an activating group) is 1. The maximum absolute atomic E-state index is 12.4. The molecule has 4 nitrogen and oxygen atoms in total. The van der Waals surface area contributed by atoms with Crippen LogP contribution in [0.1, 0.15) is 37.5 Å². The Morgan fingerprint density at radius 3 is 2.62 bits per heavy atom. The van der Waals surface area contributed by atoms with E-state index in [1.165, 1.54) is 0 Å². The van der Waals surface area contributed by atoms with Gasteiger partial charge in [0.1, 0.15) is 12.4 Å². The fraction of sp³-hybridized carbons (Fsp3) is 0.500. The van der Waals surface area contributed by atoms with Crippen LogP contribution < -0.4 is 0 Å². The number of amides is 1. The van der Waals surface area contributed by atoms with Gasteiger partial charge in [0.2, 0.25) is 5.91 Å². The Hall–Kier alpha value is -1.55. The third kappa shape index (κ3) is 3.05. The first kappa shape index (κ1) is 15.8. The van der Waals surface area contributed by atoms with Crippen LogP contribution in [-0.2, 0) is 11.3 Å². The van der Waals surface area contributed by atoms with Crippen molar-refractivity contribution in [2.24, 2.45) is 0 Å². The number of carbonyl (C=O) groups excluding carboxylic acids is 1. The quantitative estimate of drug-likeness (QED) is 0.793. The van der Waals surface area contributed by atoms with Gasteiger partial charge in [-0.1, -0.05) is 12.1 Å². The second-order valence-electron chi connectivity index (χ2n) is 5.18. The number of rotatable bonds is 5. The highest BCUT2D eigenvalue weighted by Gasteiger charge is 2.20. The zero-order chi connectivity index (χ0) is 15.6. The van der Waals surface area contributed by atoms with E-state index in [9.17, 15) is 4.79 Å². The minimum Gasteiger partial charge on any atom is -0.342 e. The summed E-state index contributed by atoms with van der Waals surface area (Å²) in [6.45, 7) is 9.61. The number of benzene rings is 1. The number of aromatic nitrogens is 2. The van der Waals surface area contributed by atoms with Crippen molar-refractivity contribution in [1.82, 2.24) is 14.5 Å². The first-order chi connectivity index (χ1) is 9.99. The molecular formula is C16H22ClN3O. The van der Waals surface area contributed by atoms with Gasteiger partial charge in [-0.25, -0.2) is 4.98 Å². The molecule has 0 saturated heterocycles. The van der Waals surface area contributed by atoms with Gasteiger partial charge >= 0.3 is 0 Å². The zero-order valence-corrected chi connectivity index (χ0v) is 13.8. The molecule has 2 rings (SSSR count). The van der Waals surface area contributed by atoms with E-state index in [0.29, 0.717) is 13.1 Å². The van der Waals surface area contributed by atoms with Crippen LogP contribution in [0.25, 0.3) is 11.0 Å². The molecule has 0 aliphatic heterocycles.